The summed E-state index contributed by atoms with van der Waals surface area (Å²) < 4.78 is 12.6. The highest BCUT2D eigenvalue weighted by atomic mass is 19.1. The van der Waals surface area contributed by atoms with Gasteiger partial charge in [-0.25, -0.2) is 4.98 Å². The Kier molecular flexibility index (Phi) is 2.51. The van der Waals surface area contributed by atoms with Gasteiger partial charge in [0.05, 0.1) is 6.61 Å². The van der Waals surface area contributed by atoms with Crippen LogP contribution < -0.4 is 0 Å². The van der Waals surface area contributed by atoms with Gasteiger partial charge in [0.2, 0.25) is 5.95 Å². The number of pyridine rings is 1. The lowest BCUT2D eigenvalue weighted by Gasteiger charge is -2.06. The maximum Gasteiger partial charge on any atom is 0.218 e. The summed E-state index contributed by atoms with van der Waals surface area (Å²) in [5, 5.41) is 17.4. The van der Waals surface area contributed by atoms with E-state index in [2.05, 4.69) is 4.98 Å². The third-order valence-electron chi connectivity index (χ3n) is 1.32. The predicted molar refractivity (Wildman–Crippen MR) is 36.2 cm³/mol. The molecule has 0 radical (unpaired) electrons. The van der Waals surface area contributed by atoms with Crippen LogP contribution in [0.5, 0.6) is 0 Å². The molecule has 4 heteroatoms. The quantitative estimate of drug-likeness (QED) is 0.605. The average molecular weight is 157 g/mol. The molecule has 60 valence electrons. The van der Waals surface area contributed by atoms with Crippen LogP contribution in [0.3, 0.4) is 0 Å². The zero-order valence-electron chi connectivity index (χ0n) is 5.74. The molecule has 11 heavy (non-hydrogen) atoms. The van der Waals surface area contributed by atoms with Crippen molar-refractivity contribution in [3.63, 3.8) is 0 Å². The fraction of sp³-hybridized carbons (Fsp3) is 0.286. The summed E-state index contributed by atoms with van der Waals surface area (Å²) in [6, 6.07) is 2.88. The van der Waals surface area contributed by atoms with E-state index in [1.54, 1.807) is 0 Å². The Morgan fingerprint density at radius 1 is 1.64 bits per heavy atom. The van der Waals surface area contributed by atoms with Gasteiger partial charge in [-0.15, -0.1) is 0 Å². The van der Waals surface area contributed by atoms with E-state index in [0.717, 1.165) is 0 Å². The van der Waals surface area contributed by atoms with E-state index in [1.165, 1.54) is 18.3 Å². The number of rotatable bonds is 2. The minimum Gasteiger partial charge on any atom is -0.393 e. The Morgan fingerprint density at radius 3 is 2.91 bits per heavy atom. The van der Waals surface area contributed by atoms with E-state index < -0.39 is 18.7 Å². The second-order valence-corrected chi connectivity index (χ2v) is 2.08. The summed E-state index contributed by atoms with van der Waals surface area (Å²) >= 11 is 0. The van der Waals surface area contributed by atoms with Gasteiger partial charge in [0.15, 0.2) is 0 Å². The van der Waals surface area contributed by atoms with Crippen molar-refractivity contribution >= 4 is 0 Å². The average Bonchev–Trinajstić information content (AvgIpc) is 2.04. The smallest absolute Gasteiger partial charge is 0.218 e. The normalized spacial score (nSPS) is 13.0. The van der Waals surface area contributed by atoms with Crippen molar-refractivity contribution in [1.29, 1.82) is 0 Å². The fourth-order valence-electron chi connectivity index (χ4n) is 0.745. The maximum atomic E-state index is 12.6. The van der Waals surface area contributed by atoms with Crippen LogP contribution in [0.15, 0.2) is 18.3 Å². The zero-order valence-corrected chi connectivity index (χ0v) is 5.74. The Balaban J connectivity index is 2.93. The number of hydrogen-bond donors (Lipinski definition) is 2. The van der Waals surface area contributed by atoms with Crippen molar-refractivity contribution in [2.75, 3.05) is 6.61 Å². The van der Waals surface area contributed by atoms with Gasteiger partial charge >= 0.3 is 0 Å². The van der Waals surface area contributed by atoms with Crippen LogP contribution in [0, 0.1) is 5.95 Å². The fourth-order valence-corrected chi connectivity index (χ4v) is 0.745. The molecule has 1 aromatic rings. The van der Waals surface area contributed by atoms with E-state index in [0.29, 0.717) is 0 Å². The molecule has 2 N–H and O–H groups in total. The van der Waals surface area contributed by atoms with Gasteiger partial charge in [-0.05, 0) is 6.07 Å². The first-order chi connectivity index (χ1) is 5.25. The molecule has 1 rings (SSSR count). The lowest BCUT2D eigenvalue weighted by molar-refractivity contribution is 0.0919. The van der Waals surface area contributed by atoms with Gasteiger partial charge in [-0.3, -0.25) is 0 Å². The van der Waals surface area contributed by atoms with Gasteiger partial charge in [0.25, 0.3) is 0 Å². The van der Waals surface area contributed by atoms with Crippen LogP contribution in [0.1, 0.15) is 11.7 Å². The Bertz CT molecular complexity index is 242. The van der Waals surface area contributed by atoms with E-state index >= 15 is 0 Å². The van der Waals surface area contributed by atoms with Crippen LogP contribution in [0.4, 0.5) is 4.39 Å². The van der Waals surface area contributed by atoms with E-state index in [4.69, 9.17) is 10.2 Å². The van der Waals surface area contributed by atoms with Crippen LogP contribution in [0.2, 0.25) is 0 Å². The molecule has 0 aromatic carbocycles. The molecule has 3 nitrogen and oxygen atoms in total. The number of nitrogens with zero attached hydrogens (tertiary/aromatic N) is 1. The van der Waals surface area contributed by atoms with Gasteiger partial charge in [0, 0.05) is 11.8 Å². The third kappa shape index (κ3) is 1.72. The Hall–Kier alpha value is -1.00. The minimum atomic E-state index is -1.18. The molecule has 0 aliphatic rings. The molecular weight excluding hydrogens is 149 g/mol. The lowest BCUT2D eigenvalue weighted by atomic mass is 10.2. The SMILES string of the molecule is OCC(O)c1cccnc1F. The number of aliphatic hydroxyl groups is 2. The maximum absolute atomic E-state index is 12.6. The topological polar surface area (TPSA) is 53.4 Å². The van der Waals surface area contributed by atoms with E-state index in [-0.39, 0.29) is 5.56 Å². The molecule has 1 unspecified atom stereocenters. The molecule has 1 atom stereocenters. The molecular formula is C7H8FNO2. The molecule has 1 aromatic heterocycles. The van der Waals surface area contributed by atoms with Crippen LogP contribution in [0.25, 0.3) is 0 Å². The number of hydrogen-bond acceptors (Lipinski definition) is 3. The van der Waals surface area contributed by atoms with E-state index in [1.807, 2.05) is 0 Å². The van der Waals surface area contributed by atoms with Gasteiger partial charge in [-0.2, -0.15) is 4.39 Å². The number of aromatic nitrogens is 1. The summed E-state index contributed by atoms with van der Waals surface area (Å²) in [6.07, 6.45) is 0.104. The van der Waals surface area contributed by atoms with Crippen molar-refractivity contribution in [2.45, 2.75) is 6.10 Å². The second-order valence-electron chi connectivity index (χ2n) is 2.08. The Labute approximate surface area is 63.1 Å². The van der Waals surface area contributed by atoms with Crippen molar-refractivity contribution < 1.29 is 14.6 Å². The molecule has 0 amide bonds. The van der Waals surface area contributed by atoms with Gasteiger partial charge in [-0.1, -0.05) is 6.07 Å². The minimum absolute atomic E-state index is 0.0231. The highest BCUT2D eigenvalue weighted by Crippen LogP contribution is 2.13. The van der Waals surface area contributed by atoms with Crippen LogP contribution >= 0.6 is 0 Å². The van der Waals surface area contributed by atoms with Crippen molar-refractivity contribution in [2.24, 2.45) is 0 Å². The monoisotopic (exact) mass is 157 g/mol. The molecule has 0 spiro atoms. The molecule has 0 aliphatic heterocycles. The largest absolute Gasteiger partial charge is 0.393 e. The summed E-state index contributed by atoms with van der Waals surface area (Å²) in [5.41, 5.74) is 0.0231. The number of aliphatic hydroxyl groups excluding tert-OH is 2. The second kappa shape index (κ2) is 3.41. The summed E-state index contributed by atoms with van der Waals surface area (Å²) in [6.45, 7) is -0.497. The van der Waals surface area contributed by atoms with Crippen LogP contribution in [-0.4, -0.2) is 21.8 Å². The van der Waals surface area contributed by atoms with E-state index in [9.17, 15) is 4.39 Å². The first-order valence-corrected chi connectivity index (χ1v) is 3.15. The summed E-state index contributed by atoms with van der Waals surface area (Å²) in [4.78, 5) is 3.31. The molecule has 0 fully saturated rings. The van der Waals surface area contributed by atoms with Gasteiger partial charge in [0.1, 0.15) is 6.10 Å². The summed E-state index contributed by atoms with van der Waals surface area (Å²) in [5.74, 6) is -0.742. The van der Waals surface area contributed by atoms with Crippen LogP contribution in [-0.2, 0) is 0 Å². The van der Waals surface area contributed by atoms with Crippen molar-refractivity contribution in [3.8, 4) is 0 Å². The molecule has 0 saturated carbocycles. The standard InChI is InChI=1S/C7H8FNO2/c8-7-5(6(11)4-10)2-1-3-9-7/h1-3,6,10-11H,4H2. The zero-order chi connectivity index (χ0) is 8.27. The highest BCUT2D eigenvalue weighted by Gasteiger charge is 2.10. The first-order valence-electron chi connectivity index (χ1n) is 3.15. The molecule has 0 bridgehead atoms. The Morgan fingerprint density at radius 2 is 2.36 bits per heavy atom. The molecule has 1 heterocycles. The lowest BCUT2D eigenvalue weighted by Crippen LogP contribution is -2.05. The summed E-state index contributed by atoms with van der Waals surface area (Å²) in [7, 11) is 0. The first kappa shape index (κ1) is 8.10. The third-order valence-corrected chi connectivity index (χ3v) is 1.32. The molecule has 0 aliphatic carbocycles. The highest BCUT2D eigenvalue weighted by molar-refractivity contribution is 5.13. The predicted octanol–water partition coefficient (Wildman–Crippen LogP) is 0.246. The molecule has 0 saturated heterocycles. The number of halogens is 1. The van der Waals surface area contributed by atoms with Crippen molar-refractivity contribution in [1.82, 2.24) is 4.98 Å². The van der Waals surface area contributed by atoms with Crippen molar-refractivity contribution in [3.05, 3.63) is 29.8 Å². The van der Waals surface area contributed by atoms with Gasteiger partial charge < -0.3 is 10.2 Å².